The number of benzene rings is 2. The van der Waals surface area contributed by atoms with E-state index in [0.29, 0.717) is 0 Å². The predicted molar refractivity (Wildman–Crippen MR) is 73.0 cm³/mol. The summed E-state index contributed by atoms with van der Waals surface area (Å²) < 4.78 is 0. The van der Waals surface area contributed by atoms with Gasteiger partial charge < -0.3 is 5.84 Å². The molecule has 0 saturated carbocycles. The number of rotatable bonds is 2. The molecule has 0 unspecified atom stereocenters. The van der Waals surface area contributed by atoms with E-state index in [0.717, 1.165) is 11.3 Å². The first-order chi connectivity index (χ1) is 8.22. The monoisotopic (exact) mass is 224 g/mol. The van der Waals surface area contributed by atoms with E-state index in [-0.39, 0.29) is 0 Å². The summed E-state index contributed by atoms with van der Waals surface area (Å²) in [7, 11) is 0. The molecule has 0 spiro atoms. The average molecular weight is 224 g/mol. The van der Waals surface area contributed by atoms with Crippen molar-refractivity contribution in [3.05, 3.63) is 59.7 Å². The molecule has 0 aliphatic heterocycles. The normalized spacial score (nSPS) is 11.5. The molecule has 17 heavy (non-hydrogen) atoms. The Bertz CT molecular complexity index is 539. The van der Waals surface area contributed by atoms with Crippen molar-refractivity contribution in [3.63, 3.8) is 0 Å². The van der Waals surface area contributed by atoms with Crippen LogP contribution in [-0.4, -0.2) is 5.71 Å². The molecule has 0 saturated heterocycles. The molecule has 0 fully saturated rings. The third-order valence-electron chi connectivity index (χ3n) is 2.95. The second-order valence-electron chi connectivity index (χ2n) is 4.11. The number of hydrazone groups is 1. The van der Waals surface area contributed by atoms with Crippen molar-refractivity contribution in [3.8, 4) is 11.1 Å². The molecule has 0 aliphatic carbocycles. The summed E-state index contributed by atoms with van der Waals surface area (Å²) in [4.78, 5) is 0. The lowest BCUT2D eigenvalue weighted by atomic mass is 9.99. The Morgan fingerprint density at radius 2 is 1.65 bits per heavy atom. The van der Waals surface area contributed by atoms with Crippen LogP contribution in [0.3, 0.4) is 0 Å². The van der Waals surface area contributed by atoms with Crippen LogP contribution in [0.25, 0.3) is 11.1 Å². The van der Waals surface area contributed by atoms with Gasteiger partial charge in [-0.25, -0.2) is 0 Å². The first-order valence-electron chi connectivity index (χ1n) is 5.63. The molecule has 2 nitrogen and oxygen atoms in total. The Morgan fingerprint density at radius 3 is 2.24 bits per heavy atom. The maximum absolute atomic E-state index is 5.27. The van der Waals surface area contributed by atoms with Crippen LogP contribution < -0.4 is 5.84 Å². The summed E-state index contributed by atoms with van der Waals surface area (Å²) in [6.45, 7) is 4.03. The summed E-state index contributed by atoms with van der Waals surface area (Å²) >= 11 is 0. The van der Waals surface area contributed by atoms with Gasteiger partial charge in [-0.3, -0.25) is 0 Å². The van der Waals surface area contributed by atoms with Crippen LogP contribution in [0.5, 0.6) is 0 Å². The van der Waals surface area contributed by atoms with Crippen LogP contribution in [0, 0.1) is 6.92 Å². The molecular formula is C15H16N2. The minimum absolute atomic E-state index is 0.848. The van der Waals surface area contributed by atoms with Gasteiger partial charge in [-0.2, -0.15) is 5.10 Å². The second-order valence-corrected chi connectivity index (χ2v) is 4.11. The van der Waals surface area contributed by atoms with Crippen LogP contribution in [0.2, 0.25) is 0 Å². The lowest BCUT2D eigenvalue weighted by molar-refractivity contribution is 1.24. The number of nitrogens with two attached hydrogens (primary N) is 1. The molecule has 0 heterocycles. The average Bonchev–Trinajstić information content (AvgIpc) is 2.39. The highest BCUT2D eigenvalue weighted by Gasteiger charge is 2.02. The third-order valence-corrected chi connectivity index (χ3v) is 2.95. The summed E-state index contributed by atoms with van der Waals surface area (Å²) in [5, 5.41) is 3.70. The van der Waals surface area contributed by atoms with E-state index in [1.807, 2.05) is 19.1 Å². The zero-order chi connectivity index (χ0) is 12.3. The van der Waals surface area contributed by atoms with Gasteiger partial charge in [0.1, 0.15) is 0 Å². The van der Waals surface area contributed by atoms with E-state index in [9.17, 15) is 0 Å². The van der Waals surface area contributed by atoms with Crippen molar-refractivity contribution in [1.29, 1.82) is 0 Å². The molecule has 0 aliphatic rings. The van der Waals surface area contributed by atoms with Gasteiger partial charge in [-0.05, 0) is 36.1 Å². The summed E-state index contributed by atoms with van der Waals surface area (Å²) in [6.07, 6.45) is 0. The highest BCUT2D eigenvalue weighted by molar-refractivity contribution is 5.98. The quantitative estimate of drug-likeness (QED) is 0.474. The van der Waals surface area contributed by atoms with Crippen LogP contribution in [0.1, 0.15) is 18.1 Å². The van der Waals surface area contributed by atoms with Gasteiger partial charge in [0.05, 0.1) is 5.71 Å². The molecule has 2 aromatic carbocycles. The molecule has 0 atom stereocenters. The molecule has 2 heteroatoms. The van der Waals surface area contributed by atoms with Gasteiger partial charge in [0.25, 0.3) is 0 Å². The third kappa shape index (κ3) is 2.36. The van der Waals surface area contributed by atoms with E-state index >= 15 is 0 Å². The van der Waals surface area contributed by atoms with Gasteiger partial charge in [0.2, 0.25) is 0 Å². The topological polar surface area (TPSA) is 38.4 Å². The fourth-order valence-corrected chi connectivity index (χ4v) is 1.86. The standard InChI is InChI=1S/C15H16N2/c1-11-5-3-4-6-15(11)14-9-7-13(8-10-14)12(2)17-16/h3-10H,16H2,1-2H3/b17-12+. The van der Waals surface area contributed by atoms with Crippen LogP contribution in [0.4, 0.5) is 0 Å². The highest BCUT2D eigenvalue weighted by Crippen LogP contribution is 2.23. The van der Waals surface area contributed by atoms with Gasteiger partial charge in [-0.1, -0.05) is 48.5 Å². The van der Waals surface area contributed by atoms with Gasteiger partial charge in [0.15, 0.2) is 0 Å². The number of aryl methyl sites for hydroxylation is 1. The lowest BCUT2D eigenvalue weighted by Crippen LogP contribution is -1.98. The predicted octanol–water partition coefficient (Wildman–Crippen LogP) is 3.34. The van der Waals surface area contributed by atoms with E-state index in [1.54, 1.807) is 0 Å². The number of nitrogens with zero attached hydrogens (tertiary/aromatic N) is 1. The zero-order valence-corrected chi connectivity index (χ0v) is 10.1. The van der Waals surface area contributed by atoms with Gasteiger partial charge >= 0.3 is 0 Å². The van der Waals surface area contributed by atoms with Gasteiger partial charge in [0, 0.05) is 0 Å². The van der Waals surface area contributed by atoms with Crippen molar-refractivity contribution in [2.24, 2.45) is 10.9 Å². The Morgan fingerprint density at radius 1 is 1.00 bits per heavy atom. The number of hydrogen-bond donors (Lipinski definition) is 1. The molecule has 2 aromatic rings. The van der Waals surface area contributed by atoms with E-state index in [1.165, 1.54) is 16.7 Å². The molecule has 2 rings (SSSR count). The minimum atomic E-state index is 0.848. The molecular weight excluding hydrogens is 208 g/mol. The van der Waals surface area contributed by atoms with Crippen molar-refractivity contribution in [1.82, 2.24) is 0 Å². The maximum Gasteiger partial charge on any atom is 0.0641 e. The Balaban J connectivity index is 2.40. The summed E-state index contributed by atoms with van der Waals surface area (Å²) in [5.74, 6) is 5.27. The molecule has 0 aromatic heterocycles. The van der Waals surface area contributed by atoms with Gasteiger partial charge in [-0.15, -0.1) is 0 Å². The Kier molecular flexibility index (Phi) is 3.24. The second kappa shape index (κ2) is 4.83. The first-order valence-corrected chi connectivity index (χ1v) is 5.63. The van der Waals surface area contributed by atoms with Crippen molar-refractivity contribution in [2.75, 3.05) is 0 Å². The fraction of sp³-hybridized carbons (Fsp3) is 0.133. The van der Waals surface area contributed by atoms with Crippen molar-refractivity contribution in [2.45, 2.75) is 13.8 Å². The maximum atomic E-state index is 5.27. The van der Waals surface area contributed by atoms with E-state index in [2.05, 4.69) is 48.4 Å². The zero-order valence-electron chi connectivity index (χ0n) is 10.1. The fourth-order valence-electron chi connectivity index (χ4n) is 1.86. The summed E-state index contributed by atoms with van der Waals surface area (Å²) in [6, 6.07) is 16.7. The lowest BCUT2D eigenvalue weighted by Gasteiger charge is -2.06. The van der Waals surface area contributed by atoms with Crippen molar-refractivity contribution < 1.29 is 0 Å². The largest absolute Gasteiger partial charge is 0.323 e. The summed E-state index contributed by atoms with van der Waals surface area (Å²) in [5.41, 5.74) is 5.67. The molecule has 0 amide bonds. The van der Waals surface area contributed by atoms with Crippen LogP contribution >= 0.6 is 0 Å². The Hall–Kier alpha value is -2.09. The van der Waals surface area contributed by atoms with Crippen LogP contribution in [0.15, 0.2) is 53.6 Å². The van der Waals surface area contributed by atoms with E-state index in [4.69, 9.17) is 5.84 Å². The molecule has 2 N–H and O–H groups in total. The minimum Gasteiger partial charge on any atom is -0.323 e. The smallest absolute Gasteiger partial charge is 0.0641 e. The van der Waals surface area contributed by atoms with Crippen molar-refractivity contribution >= 4 is 5.71 Å². The molecule has 86 valence electrons. The SMILES string of the molecule is C/C(=N\N)c1ccc(-c2ccccc2C)cc1. The van der Waals surface area contributed by atoms with Crippen LogP contribution in [-0.2, 0) is 0 Å². The Labute approximate surface area is 102 Å². The first kappa shape index (κ1) is 11.4. The number of hydrogen-bond acceptors (Lipinski definition) is 2. The molecule has 0 radical (unpaired) electrons. The molecule has 0 bridgehead atoms. The highest BCUT2D eigenvalue weighted by atomic mass is 15.1. The van der Waals surface area contributed by atoms with E-state index < -0.39 is 0 Å².